The summed E-state index contributed by atoms with van der Waals surface area (Å²) in [5.41, 5.74) is 4.67. The van der Waals surface area contributed by atoms with Crippen LogP contribution in [0.5, 0.6) is 0 Å². The molecule has 37 heavy (non-hydrogen) atoms. The molecule has 188 valence electrons. The molecule has 0 saturated carbocycles. The SMILES string of the molecule is N#Cc1ccc(C2CCN(C(=O)C3CC(c4nc5cc(N6CCCC6)ncc5[nH]4)=CC=C3Cl)CC2)cc1. The van der Waals surface area contributed by atoms with Crippen molar-refractivity contribution in [1.82, 2.24) is 19.9 Å². The first-order valence-corrected chi connectivity index (χ1v) is 13.4. The molecule has 0 bridgehead atoms. The number of imidazole rings is 1. The molecule has 4 heterocycles. The number of nitriles is 1. The number of anilines is 1. The lowest BCUT2D eigenvalue weighted by Gasteiger charge is -2.35. The van der Waals surface area contributed by atoms with Crippen molar-refractivity contribution in [2.75, 3.05) is 31.1 Å². The van der Waals surface area contributed by atoms with Crippen molar-refractivity contribution < 1.29 is 4.79 Å². The number of hydrogen-bond acceptors (Lipinski definition) is 5. The Labute approximate surface area is 221 Å². The van der Waals surface area contributed by atoms with Crippen molar-refractivity contribution in [3.05, 3.63) is 70.7 Å². The number of hydrogen-bond donors (Lipinski definition) is 1. The van der Waals surface area contributed by atoms with Gasteiger partial charge in [0.1, 0.15) is 11.6 Å². The Bertz CT molecular complexity index is 1420. The van der Waals surface area contributed by atoms with E-state index in [9.17, 15) is 4.79 Å². The third kappa shape index (κ3) is 4.74. The van der Waals surface area contributed by atoms with Gasteiger partial charge in [-0.1, -0.05) is 29.8 Å². The molecule has 3 aromatic rings. The summed E-state index contributed by atoms with van der Waals surface area (Å²) in [4.78, 5) is 30.6. The molecule has 0 radical (unpaired) electrons. The van der Waals surface area contributed by atoms with Gasteiger partial charge in [-0.25, -0.2) is 9.97 Å². The van der Waals surface area contributed by atoms with E-state index >= 15 is 0 Å². The summed E-state index contributed by atoms with van der Waals surface area (Å²) in [7, 11) is 0. The second-order valence-corrected chi connectivity index (χ2v) is 10.6. The predicted molar refractivity (Wildman–Crippen MR) is 145 cm³/mol. The standard InChI is InChI=1S/C29H29ClN6O/c30-24-8-7-22(28-33-25-16-27(32-18-26(25)34-28)35-11-1-2-12-35)15-23(24)29(37)36-13-9-21(10-14-36)20-5-3-19(17-31)4-6-20/h3-8,16,18,21,23H,1-2,9-15H2,(H,33,34). The molecule has 2 aromatic heterocycles. The number of fused-ring (bicyclic) bond motifs is 1. The Hall–Kier alpha value is -3.63. The number of H-pyrrole nitrogens is 1. The van der Waals surface area contributed by atoms with E-state index in [2.05, 4.69) is 20.9 Å². The topological polar surface area (TPSA) is 88.9 Å². The van der Waals surface area contributed by atoms with Gasteiger partial charge in [0.25, 0.3) is 0 Å². The van der Waals surface area contributed by atoms with Gasteiger partial charge in [0.15, 0.2) is 0 Å². The van der Waals surface area contributed by atoms with Crippen molar-refractivity contribution in [1.29, 1.82) is 5.26 Å². The Morgan fingerprint density at radius 2 is 1.84 bits per heavy atom. The molecular formula is C29H29ClN6O. The first-order chi connectivity index (χ1) is 18.1. The highest BCUT2D eigenvalue weighted by Gasteiger charge is 2.33. The maximum absolute atomic E-state index is 13.5. The Balaban J connectivity index is 1.13. The molecule has 1 unspecified atom stereocenters. The molecule has 1 aromatic carbocycles. The van der Waals surface area contributed by atoms with Crippen molar-refractivity contribution in [3.63, 3.8) is 0 Å². The van der Waals surface area contributed by atoms with E-state index in [1.807, 2.05) is 53.6 Å². The highest BCUT2D eigenvalue weighted by Crippen LogP contribution is 2.36. The van der Waals surface area contributed by atoms with Gasteiger partial charge in [0, 0.05) is 37.3 Å². The Kier molecular flexibility index (Phi) is 6.43. The number of nitrogens with one attached hydrogen (secondary N) is 1. The minimum atomic E-state index is -0.389. The third-order valence-electron chi connectivity index (χ3n) is 7.90. The van der Waals surface area contributed by atoms with Crippen molar-refractivity contribution >= 4 is 39.9 Å². The van der Waals surface area contributed by atoms with Crippen LogP contribution >= 0.6 is 11.6 Å². The second-order valence-electron chi connectivity index (χ2n) is 10.2. The van der Waals surface area contributed by atoms with Crippen molar-refractivity contribution in [2.24, 2.45) is 5.92 Å². The van der Waals surface area contributed by atoms with Crippen LogP contribution in [0.2, 0.25) is 0 Å². The summed E-state index contributed by atoms with van der Waals surface area (Å²) in [6, 6.07) is 12.0. The number of carbonyl (C=O) groups excluding carboxylic acids is 1. The van der Waals surface area contributed by atoms with E-state index in [0.29, 0.717) is 36.0 Å². The van der Waals surface area contributed by atoms with Crippen LogP contribution in [-0.2, 0) is 4.79 Å². The highest BCUT2D eigenvalue weighted by molar-refractivity contribution is 6.31. The number of nitrogens with zero attached hydrogens (tertiary/aromatic N) is 5. The van der Waals surface area contributed by atoms with Gasteiger partial charge in [0.2, 0.25) is 5.91 Å². The summed E-state index contributed by atoms with van der Waals surface area (Å²) < 4.78 is 0. The monoisotopic (exact) mass is 512 g/mol. The minimum Gasteiger partial charge on any atom is -0.357 e. The number of aromatic amines is 1. The highest BCUT2D eigenvalue weighted by atomic mass is 35.5. The zero-order chi connectivity index (χ0) is 25.4. The van der Waals surface area contributed by atoms with E-state index in [0.717, 1.165) is 54.2 Å². The predicted octanol–water partition coefficient (Wildman–Crippen LogP) is 5.36. The van der Waals surface area contributed by atoms with Gasteiger partial charge in [-0.3, -0.25) is 4.79 Å². The van der Waals surface area contributed by atoms with Crippen LogP contribution < -0.4 is 4.90 Å². The molecule has 7 nitrogen and oxygen atoms in total. The van der Waals surface area contributed by atoms with Gasteiger partial charge >= 0.3 is 0 Å². The number of likely N-dealkylation sites (tertiary alicyclic amines) is 1. The number of pyridine rings is 1. The van der Waals surface area contributed by atoms with Crippen LogP contribution in [-0.4, -0.2) is 51.9 Å². The molecule has 1 N–H and O–H groups in total. The average molecular weight is 513 g/mol. The lowest BCUT2D eigenvalue weighted by Crippen LogP contribution is -2.42. The lowest BCUT2D eigenvalue weighted by atomic mass is 9.87. The number of carbonyl (C=O) groups is 1. The fourth-order valence-corrected chi connectivity index (χ4v) is 5.95. The van der Waals surface area contributed by atoms with Gasteiger partial charge in [-0.05, 0) is 67.4 Å². The van der Waals surface area contributed by atoms with E-state index in [1.54, 1.807) is 0 Å². The van der Waals surface area contributed by atoms with Gasteiger partial charge in [-0.15, -0.1) is 0 Å². The third-order valence-corrected chi connectivity index (χ3v) is 8.29. The van der Waals surface area contributed by atoms with Crippen molar-refractivity contribution in [2.45, 2.75) is 38.0 Å². The largest absolute Gasteiger partial charge is 0.357 e. The zero-order valence-electron chi connectivity index (χ0n) is 20.7. The molecule has 1 aliphatic carbocycles. The fourth-order valence-electron chi connectivity index (χ4n) is 5.72. The van der Waals surface area contributed by atoms with E-state index < -0.39 is 0 Å². The van der Waals surface area contributed by atoms with Gasteiger partial charge in [0.05, 0.1) is 34.8 Å². The van der Waals surface area contributed by atoms with E-state index in [4.69, 9.17) is 21.8 Å². The summed E-state index contributed by atoms with van der Waals surface area (Å²) in [6.07, 6.45) is 10.4. The average Bonchev–Trinajstić information content (AvgIpc) is 3.63. The molecule has 8 heteroatoms. The summed E-state index contributed by atoms with van der Waals surface area (Å²) in [6.45, 7) is 3.50. The number of benzene rings is 1. The quantitative estimate of drug-likeness (QED) is 0.508. The second kappa shape index (κ2) is 10.0. The fraction of sp³-hybridized carbons (Fsp3) is 0.379. The Morgan fingerprint density at radius 1 is 1.08 bits per heavy atom. The number of aromatic nitrogens is 3. The van der Waals surface area contributed by atoms with Crippen LogP contribution in [0.4, 0.5) is 5.82 Å². The number of piperidine rings is 1. The van der Waals surface area contributed by atoms with Crippen LogP contribution in [0.1, 0.15) is 55.0 Å². The van der Waals surface area contributed by atoms with Crippen LogP contribution in [0.3, 0.4) is 0 Å². The molecule has 3 aliphatic rings. The first kappa shape index (κ1) is 23.7. The maximum atomic E-state index is 13.5. The molecule has 0 spiro atoms. The van der Waals surface area contributed by atoms with Crippen LogP contribution in [0.15, 0.2) is 53.7 Å². The summed E-state index contributed by atoms with van der Waals surface area (Å²) in [5, 5.41) is 9.62. The molecule has 6 rings (SSSR count). The summed E-state index contributed by atoms with van der Waals surface area (Å²) in [5.74, 6) is 1.84. The molecule has 1 amide bonds. The summed E-state index contributed by atoms with van der Waals surface area (Å²) >= 11 is 6.57. The number of rotatable bonds is 4. The lowest BCUT2D eigenvalue weighted by molar-refractivity contribution is -0.135. The van der Waals surface area contributed by atoms with Gasteiger partial charge in [-0.2, -0.15) is 5.26 Å². The zero-order valence-corrected chi connectivity index (χ0v) is 21.4. The first-order valence-electron chi connectivity index (χ1n) is 13.1. The number of allylic oxidation sites excluding steroid dienone is 3. The van der Waals surface area contributed by atoms with Gasteiger partial charge < -0.3 is 14.8 Å². The number of amides is 1. The van der Waals surface area contributed by atoms with Crippen molar-refractivity contribution in [3.8, 4) is 6.07 Å². The van der Waals surface area contributed by atoms with E-state index in [1.165, 1.54) is 18.4 Å². The van der Waals surface area contributed by atoms with E-state index in [-0.39, 0.29) is 11.8 Å². The molecule has 1 atom stereocenters. The molecule has 2 aliphatic heterocycles. The molecule has 2 saturated heterocycles. The van der Waals surface area contributed by atoms with Crippen LogP contribution in [0, 0.1) is 17.2 Å². The maximum Gasteiger partial charge on any atom is 0.231 e. The number of halogens is 1. The normalized spacial score (nSPS) is 20.6. The van der Waals surface area contributed by atoms with Crippen LogP contribution in [0.25, 0.3) is 16.6 Å². The smallest absolute Gasteiger partial charge is 0.231 e. The molecular weight excluding hydrogens is 484 g/mol. The Morgan fingerprint density at radius 3 is 2.57 bits per heavy atom. The minimum absolute atomic E-state index is 0.0826. The molecule has 2 fully saturated rings.